The highest BCUT2D eigenvalue weighted by molar-refractivity contribution is 9.10. The van der Waals surface area contributed by atoms with E-state index >= 15 is 0 Å². The summed E-state index contributed by atoms with van der Waals surface area (Å²) in [4.78, 5) is 13.8. The van der Waals surface area contributed by atoms with Gasteiger partial charge in [-0.25, -0.2) is 4.39 Å². The van der Waals surface area contributed by atoms with Crippen LogP contribution in [0, 0.1) is 5.82 Å². The second-order valence-electron chi connectivity index (χ2n) is 6.12. The predicted molar refractivity (Wildman–Crippen MR) is 94.6 cm³/mol. The summed E-state index contributed by atoms with van der Waals surface area (Å²) in [5, 5.41) is 2.95. The van der Waals surface area contributed by atoms with Crippen molar-refractivity contribution < 1.29 is 9.18 Å². The number of nitrogens with zero attached hydrogens (tertiary/aromatic N) is 1. The molecule has 0 saturated carbocycles. The number of carbonyl (C=O) groups excluding carboxylic acids is 1. The largest absolute Gasteiger partial charge is 0.355 e. The lowest BCUT2D eigenvalue weighted by molar-refractivity contribution is -0.122. The molecule has 0 aliphatic heterocycles. The fourth-order valence-electron chi connectivity index (χ4n) is 2.81. The topological polar surface area (TPSA) is 32.3 Å². The second kappa shape index (κ2) is 9.18. The van der Waals surface area contributed by atoms with Crippen LogP contribution in [-0.2, 0) is 11.3 Å². The number of amides is 1. The van der Waals surface area contributed by atoms with Crippen molar-refractivity contribution in [1.29, 1.82) is 0 Å². The molecule has 1 aliphatic carbocycles. The molecule has 0 fully saturated rings. The van der Waals surface area contributed by atoms with Crippen LogP contribution in [0.5, 0.6) is 0 Å². The van der Waals surface area contributed by atoms with E-state index in [1.54, 1.807) is 12.1 Å². The van der Waals surface area contributed by atoms with Gasteiger partial charge in [-0.3, -0.25) is 9.69 Å². The minimum Gasteiger partial charge on any atom is -0.355 e. The van der Waals surface area contributed by atoms with Crippen molar-refractivity contribution in [1.82, 2.24) is 10.2 Å². The fourth-order valence-corrected chi connectivity index (χ4v) is 3.21. The molecule has 1 aromatic carbocycles. The van der Waals surface area contributed by atoms with Crippen molar-refractivity contribution in [3.05, 3.63) is 45.7 Å². The van der Waals surface area contributed by atoms with Crippen LogP contribution in [0.2, 0.25) is 0 Å². The van der Waals surface area contributed by atoms with Crippen LogP contribution in [0.3, 0.4) is 0 Å². The SMILES string of the molecule is CN(CC(=O)NCCC1=CCCCC1)Cc1cc(Br)ccc1F. The molecule has 23 heavy (non-hydrogen) atoms. The smallest absolute Gasteiger partial charge is 0.234 e. The molecule has 1 aromatic rings. The molecular formula is C18H24BrFN2O. The molecular weight excluding hydrogens is 359 g/mol. The van der Waals surface area contributed by atoms with Crippen molar-refractivity contribution in [3.8, 4) is 0 Å². The van der Waals surface area contributed by atoms with Crippen LogP contribution in [0.4, 0.5) is 4.39 Å². The van der Waals surface area contributed by atoms with Crippen LogP contribution >= 0.6 is 15.9 Å². The van der Waals surface area contributed by atoms with E-state index < -0.39 is 0 Å². The number of carbonyl (C=O) groups is 1. The van der Waals surface area contributed by atoms with E-state index in [1.165, 1.54) is 30.9 Å². The van der Waals surface area contributed by atoms with Gasteiger partial charge in [0.05, 0.1) is 6.54 Å². The van der Waals surface area contributed by atoms with Gasteiger partial charge in [0.1, 0.15) is 5.82 Å². The molecule has 0 heterocycles. The highest BCUT2D eigenvalue weighted by Crippen LogP contribution is 2.19. The lowest BCUT2D eigenvalue weighted by atomic mass is 9.97. The molecule has 126 valence electrons. The van der Waals surface area contributed by atoms with Gasteiger partial charge in [0.25, 0.3) is 0 Å². The normalized spacial score (nSPS) is 14.7. The Kier molecular flexibility index (Phi) is 7.24. The molecule has 1 N–H and O–H groups in total. The maximum Gasteiger partial charge on any atom is 0.234 e. The Morgan fingerprint density at radius 2 is 2.22 bits per heavy atom. The maximum absolute atomic E-state index is 13.7. The monoisotopic (exact) mass is 382 g/mol. The predicted octanol–water partition coefficient (Wildman–Crippen LogP) is 4.03. The highest BCUT2D eigenvalue weighted by Gasteiger charge is 2.10. The first-order valence-corrected chi connectivity index (χ1v) is 8.91. The van der Waals surface area contributed by atoms with E-state index in [9.17, 15) is 9.18 Å². The van der Waals surface area contributed by atoms with Gasteiger partial charge in [0.15, 0.2) is 0 Å². The third-order valence-corrected chi connectivity index (χ3v) is 4.51. The van der Waals surface area contributed by atoms with Gasteiger partial charge in [0, 0.05) is 23.1 Å². The van der Waals surface area contributed by atoms with Crippen molar-refractivity contribution in [2.75, 3.05) is 20.1 Å². The zero-order chi connectivity index (χ0) is 16.7. The molecule has 2 rings (SSSR count). The van der Waals surface area contributed by atoms with E-state index in [4.69, 9.17) is 0 Å². The van der Waals surface area contributed by atoms with E-state index in [2.05, 4.69) is 27.3 Å². The minimum atomic E-state index is -0.246. The molecule has 0 radical (unpaired) electrons. The van der Waals surface area contributed by atoms with E-state index in [-0.39, 0.29) is 18.3 Å². The molecule has 3 nitrogen and oxygen atoms in total. The standard InChI is InChI=1S/C18H24BrFN2O/c1-22(12-15-11-16(19)7-8-17(15)20)13-18(23)21-10-9-14-5-3-2-4-6-14/h5,7-8,11H,2-4,6,9-10,12-13H2,1H3,(H,21,23). The highest BCUT2D eigenvalue weighted by atomic mass is 79.9. The molecule has 0 bridgehead atoms. The second-order valence-corrected chi connectivity index (χ2v) is 7.03. The van der Waals surface area contributed by atoms with Gasteiger partial charge >= 0.3 is 0 Å². The molecule has 5 heteroatoms. The Hall–Kier alpha value is -1.20. The Morgan fingerprint density at radius 3 is 2.96 bits per heavy atom. The Labute approximate surface area is 146 Å². The van der Waals surface area contributed by atoms with Gasteiger partial charge in [-0.2, -0.15) is 0 Å². The third-order valence-electron chi connectivity index (χ3n) is 4.01. The number of hydrogen-bond donors (Lipinski definition) is 1. The summed E-state index contributed by atoms with van der Waals surface area (Å²) in [5.74, 6) is -0.260. The quantitative estimate of drug-likeness (QED) is 0.722. The zero-order valence-electron chi connectivity index (χ0n) is 13.6. The number of halogens is 2. The number of likely N-dealkylation sites (N-methyl/N-ethyl adjacent to an activating group) is 1. The van der Waals surface area contributed by atoms with Crippen LogP contribution in [0.25, 0.3) is 0 Å². The number of benzene rings is 1. The molecule has 0 atom stereocenters. The van der Waals surface area contributed by atoms with E-state index in [0.717, 1.165) is 17.3 Å². The van der Waals surface area contributed by atoms with Crippen molar-refractivity contribution >= 4 is 21.8 Å². The molecule has 0 aromatic heterocycles. The lowest BCUT2D eigenvalue weighted by Crippen LogP contribution is -2.35. The van der Waals surface area contributed by atoms with Crippen molar-refractivity contribution in [2.24, 2.45) is 0 Å². The summed E-state index contributed by atoms with van der Waals surface area (Å²) in [6.07, 6.45) is 8.13. The Morgan fingerprint density at radius 1 is 1.39 bits per heavy atom. The Balaban J connectivity index is 1.71. The molecule has 0 spiro atoms. The fraction of sp³-hybridized carbons (Fsp3) is 0.500. The minimum absolute atomic E-state index is 0.0145. The number of hydrogen-bond acceptors (Lipinski definition) is 2. The van der Waals surface area contributed by atoms with Gasteiger partial charge in [-0.1, -0.05) is 27.6 Å². The molecule has 0 unspecified atom stereocenters. The van der Waals surface area contributed by atoms with Gasteiger partial charge in [-0.15, -0.1) is 0 Å². The first-order chi connectivity index (χ1) is 11.0. The van der Waals surface area contributed by atoms with E-state index in [1.807, 2.05) is 11.9 Å². The summed E-state index contributed by atoms with van der Waals surface area (Å²) >= 11 is 3.34. The molecule has 0 saturated heterocycles. The summed E-state index contributed by atoms with van der Waals surface area (Å²) in [6, 6.07) is 4.86. The number of nitrogens with one attached hydrogen (secondary N) is 1. The Bertz CT molecular complexity index is 574. The first-order valence-electron chi connectivity index (χ1n) is 8.11. The maximum atomic E-state index is 13.7. The van der Waals surface area contributed by atoms with Crippen molar-refractivity contribution in [2.45, 2.75) is 38.6 Å². The van der Waals surface area contributed by atoms with Gasteiger partial charge in [-0.05, 0) is 57.4 Å². The van der Waals surface area contributed by atoms with Crippen LogP contribution < -0.4 is 5.32 Å². The van der Waals surface area contributed by atoms with E-state index in [0.29, 0.717) is 18.7 Å². The van der Waals surface area contributed by atoms with Crippen LogP contribution in [0.15, 0.2) is 34.3 Å². The summed E-state index contributed by atoms with van der Waals surface area (Å²) in [6.45, 7) is 1.36. The zero-order valence-corrected chi connectivity index (χ0v) is 15.2. The molecule has 1 amide bonds. The average Bonchev–Trinajstić information content (AvgIpc) is 2.52. The third kappa shape index (κ3) is 6.43. The first kappa shape index (κ1) is 18.1. The average molecular weight is 383 g/mol. The van der Waals surface area contributed by atoms with Gasteiger partial charge in [0.2, 0.25) is 5.91 Å². The summed E-state index contributed by atoms with van der Waals surface area (Å²) in [7, 11) is 1.82. The van der Waals surface area contributed by atoms with Crippen molar-refractivity contribution in [3.63, 3.8) is 0 Å². The van der Waals surface area contributed by atoms with Crippen LogP contribution in [0.1, 0.15) is 37.7 Å². The van der Waals surface area contributed by atoms with Gasteiger partial charge < -0.3 is 5.32 Å². The summed E-state index contributed by atoms with van der Waals surface area (Å²) in [5.41, 5.74) is 2.04. The summed E-state index contributed by atoms with van der Waals surface area (Å²) < 4.78 is 14.6. The number of allylic oxidation sites excluding steroid dienone is 1. The molecule has 1 aliphatic rings. The van der Waals surface area contributed by atoms with Crippen LogP contribution in [-0.4, -0.2) is 30.9 Å². The number of rotatable bonds is 7. The lowest BCUT2D eigenvalue weighted by Gasteiger charge is -2.17.